The Hall–Kier alpha value is -4.41. The molecule has 3 aromatic carbocycles. The zero-order chi connectivity index (χ0) is 25.8. The van der Waals surface area contributed by atoms with E-state index in [4.69, 9.17) is 9.90 Å². The highest BCUT2D eigenvalue weighted by Gasteiger charge is 2.38. The largest absolute Gasteiger partial charge is 0.490 e. The van der Waals surface area contributed by atoms with Crippen molar-refractivity contribution in [3.63, 3.8) is 0 Å². The van der Waals surface area contributed by atoms with Gasteiger partial charge in [0.1, 0.15) is 5.82 Å². The summed E-state index contributed by atoms with van der Waals surface area (Å²) in [7, 11) is 0. The molecule has 0 spiro atoms. The minimum Gasteiger partial charge on any atom is -0.475 e. The van der Waals surface area contributed by atoms with Gasteiger partial charge in [-0.3, -0.25) is 5.10 Å². The molecule has 35 heavy (non-hydrogen) atoms. The summed E-state index contributed by atoms with van der Waals surface area (Å²) in [4.78, 5) is 21.1. The normalized spacial score (nSPS) is 10.9. The molecule has 4 aromatic rings. The highest BCUT2D eigenvalue weighted by molar-refractivity contribution is 6.00. The standard InChI is InChI=1S/C22H19FN4O.C2HF3O2/c1-13-12-17(10-11-19(13)23)25-22(28)24-16-8-6-15(7-9-16)18-4-3-5-20-21(18)14(2)26-27-20;3-2(4,5)1(6)7/h3-12H,1-2H3,(H,26,27)(H2,24,25,28);(H,6,7). The average Bonchev–Trinajstić information content (AvgIpc) is 3.18. The van der Waals surface area contributed by atoms with Gasteiger partial charge < -0.3 is 15.7 Å². The lowest BCUT2D eigenvalue weighted by Gasteiger charge is -2.10. The SMILES string of the molecule is Cc1cc(NC(=O)Nc2ccc(-c3cccc4n[nH]c(C)c34)cc2)ccc1F.O=C(O)C(F)(F)F. The fourth-order valence-electron chi connectivity index (χ4n) is 3.22. The van der Waals surface area contributed by atoms with Gasteiger partial charge in [0.25, 0.3) is 0 Å². The number of carboxylic acids is 1. The molecule has 0 aliphatic heterocycles. The molecule has 0 bridgehead atoms. The van der Waals surface area contributed by atoms with Crippen LogP contribution in [0.5, 0.6) is 0 Å². The number of rotatable bonds is 3. The van der Waals surface area contributed by atoms with Crippen molar-refractivity contribution >= 4 is 34.3 Å². The number of urea groups is 1. The fourth-order valence-corrected chi connectivity index (χ4v) is 3.22. The van der Waals surface area contributed by atoms with Crippen LogP contribution in [0.1, 0.15) is 11.3 Å². The summed E-state index contributed by atoms with van der Waals surface area (Å²) in [5.41, 5.74) is 5.74. The monoisotopic (exact) mass is 488 g/mol. The predicted octanol–water partition coefficient (Wildman–Crippen LogP) is 6.26. The van der Waals surface area contributed by atoms with Crippen molar-refractivity contribution < 1.29 is 32.3 Å². The third kappa shape index (κ3) is 6.34. The summed E-state index contributed by atoms with van der Waals surface area (Å²) in [6.07, 6.45) is -5.08. The summed E-state index contributed by atoms with van der Waals surface area (Å²) < 4.78 is 45.1. The number of H-pyrrole nitrogens is 1. The van der Waals surface area contributed by atoms with Crippen molar-refractivity contribution in [1.29, 1.82) is 0 Å². The van der Waals surface area contributed by atoms with E-state index < -0.39 is 12.1 Å². The van der Waals surface area contributed by atoms with E-state index in [0.29, 0.717) is 16.9 Å². The van der Waals surface area contributed by atoms with Crippen molar-refractivity contribution in [3.05, 3.63) is 77.7 Å². The van der Waals surface area contributed by atoms with Gasteiger partial charge in [0.05, 0.1) is 5.52 Å². The van der Waals surface area contributed by atoms with Crippen LogP contribution < -0.4 is 10.6 Å². The number of hydrogen-bond donors (Lipinski definition) is 4. The average molecular weight is 488 g/mol. The minimum atomic E-state index is -5.08. The van der Waals surface area contributed by atoms with E-state index in [2.05, 4.69) is 26.9 Å². The van der Waals surface area contributed by atoms with E-state index >= 15 is 0 Å². The molecule has 0 aliphatic carbocycles. The second-order valence-electron chi connectivity index (χ2n) is 7.47. The van der Waals surface area contributed by atoms with Crippen molar-refractivity contribution in [2.24, 2.45) is 0 Å². The number of amides is 2. The predicted molar refractivity (Wildman–Crippen MR) is 124 cm³/mol. The maximum atomic E-state index is 13.3. The molecule has 1 aromatic heterocycles. The minimum absolute atomic E-state index is 0.301. The highest BCUT2D eigenvalue weighted by atomic mass is 19.4. The quantitative estimate of drug-likeness (QED) is 0.255. The Kier molecular flexibility index (Phi) is 7.38. The number of aromatic amines is 1. The molecule has 182 valence electrons. The van der Waals surface area contributed by atoms with Gasteiger partial charge in [0.2, 0.25) is 0 Å². The number of alkyl halides is 3. The molecule has 11 heteroatoms. The number of aromatic nitrogens is 2. The van der Waals surface area contributed by atoms with Crippen LogP contribution in [0.3, 0.4) is 0 Å². The number of nitrogens with one attached hydrogen (secondary N) is 3. The van der Waals surface area contributed by atoms with Crippen molar-refractivity contribution in [1.82, 2.24) is 10.2 Å². The van der Waals surface area contributed by atoms with Crippen molar-refractivity contribution in [2.45, 2.75) is 20.0 Å². The Labute approximate surface area is 196 Å². The number of benzene rings is 3. The molecule has 0 saturated heterocycles. The lowest BCUT2D eigenvalue weighted by molar-refractivity contribution is -0.192. The van der Waals surface area contributed by atoms with E-state index in [0.717, 1.165) is 27.7 Å². The van der Waals surface area contributed by atoms with Crippen LogP contribution in [0, 0.1) is 19.7 Å². The van der Waals surface area contributed by atoms with Crippen LogP contribution in [0.15, 0.2) is 60.7 Å². The van der Waals surface area contributed by atoms with Crippen LogP contribution in [-0.4, -0.2) is 33.5 Å². The summed E-state index contributed by atoms with van der Waals surface area (Å²) in [5, 5.41) is 21.0. The fraction of sp³-hybridized carbons (Fsp3) is 0.125. The van der Waals surface area contributed by atoms with Gasteiger partial charge >= 0.3 is 18.2 Å². The molecule has 0 saturated carbocycles. The Bertz CT molecular complexity index is 1370. The van der Waals surface area contributed by atoms with E-state index in [1.807, 2.05) is 43.3 Å². The lowest BCUT2D eigenvalue weighted by atomic mass is 10.00. The van der Waals surface area contributed by atoms with E-state index in [1.54, 1.807) is 13.0 Å². The van der Waals surface area contributed by atoms with Crippen molar-refractivity contribution in [2.75, 3.05) is 10.6 Å². The number of aryl methyl sites for hydroxylation is 2. The van der Waals surface area contributed by atoms with Gasteiger partial charge in [-0.25, -0.2) is 14.0 Å². The molecular formula is C24H20F4N4O3. The molecule has 0 atom stereocenters. The molecule has 0 aliphatic rings. The Morgan fingerprint density at radius 3 is 2.14 bits per heavy atom. The Balaban J connectivity index is 0.000000429. The van der Waals surface area contributed by atoms with Gasteiger partial charge in [-0.1, -0.05) is 24.3 Å². The van der Waals surface area contributed by atoms with E-state index in [-0.39, 0.29) is 11.8 Å². The van der Waals surface area contributed by atoms with Crippen molar-refractivity contribution in [3.8, 4) is 11.1 Å². The maximum Gasteiger partial charge on any atom is 0.490 e. The Morgan fingerprint density at radius 1 is 0.943 bits per heavy atom. The number of carbonyl (C=O) groups is 2. The maximum absolute atomic E-state index is 13.3. The van der Waals surface area contributed by atoms with Crippen LogP contribution in [0.2, 0.25) is 0 Å². The Morgan fingerprint density at radius 2 is 1.54 bits per heavy atom. The number of hydrogen-bond acceptors (Lipinski definition) is 3. The topological polar surface area (TPSA) is 107 Å². The molecule has 4 rings (SSSR count). The first-order valence-corrected chi connectivity index (χ1v) is 10.1. The number of halogens is 4. The molecule has 2 amide bonds. The molecule has 7 nitrogen and oxygen atoms in total. The summed E-state index contributed by atoms with van der Waals surface area (Å²) >= 11 is 0. The third-order valence-corrected chi connectivity index (χ3v) is 4.87. The highest BCUT2D eigenvalue weighted by Crippen LogP contribution is 2.30. The van der Waals surface area contributed by atoms with E-state index in [1.165, 1.54) is 12.1 Å². The molecule has 4 N–H and O–H groups in total. The van der Waals surface area contributed by atoms with Gasteiger partial charge in [-0.2, -0.15) is 18.3 Å². The lowest BCUT2D eigenvalue weighted by Crippen LogP contribution is -2.21. The molecular weight excluding hydrogens is 468 g/mol. The second kappa shape index (κ2) is 10.2. The number of fused-ring (bicyclic) bond motifs is 1. The van der Waals surface area contributed by atoms with Gasteiger partial charge in [0.15, 0.2) is 0 Å². The smallest absolute Gasteiger partial charge is 0.475 e. The third-order valence-electron chi connectivity index (χ3n) is 4.87. The zero-order valence-electron chi connectivity index (χ0n) is 18.5. The number of carbonyl (C=O) groups excluding carboxylic acids is 1. The molecule has 1 heterocycles. The van der Waals surface area contributed by atoms with Crippen LogP contribution in [0.4, 0.5) is 33.7 Å². The first-order chi connectivity index (χ1) is 16.5. The van der Waals surface area contributed by atoms with Gasteiger partial charge in [0, 0.05) is 22.5 Å². The number of anilines is 2. The van der Waals surface area contributed by atoms with Gasteiger partial charge in [-0.15, -0.1) is 0 Å². The van der Waals surface area contributed by atoms with Gasteiger partial charge in [-0.05, 0) is 66.9 Å². The summed E-state index contributed by atoms with van der Waals surface area (Å²) in [6.45, 7) is 3.65. The van der Waals surface area contributed by atoms with E-state index in [9.17, 15) is 22.4 Å². The number of aliphatic carboxylic acids is 1. The molecule has 0 radical (unpaired) electrons. The summed E-state index contributed by atoms with van der Waals surface area (Å²) in [6, 6.07) is 17.7. The van der Waals surface area contributed by atoms with Crippen LogP contribution >= 0.6 is 0 Å². The van der Waals surface area contributed by atoms with Crippen LogP contribution in [-0.2, 0) is 4.79 Å². The zero-order valence-corrected chi connectivity index (χ0v) is 18.5. The number of carboxylic acid groups (broad SMARTS) is 1. The second-order valence-corrected chi connectivity index (χ2v) is 7.47. The summed E-state index contributed by atoms with van der Waals surface area (Å²) in [5.74, 6) is -3.06. The molecule has 0 fully saturated rings. The number of nitrogens with zero attached hydrogens (tertiary/aromatic N) is 1. The van der Waals surface area contributed by atoms with Crippen LogP contribution in [0.25, 0.3) is 22.0 Å². The first kappa shape index (κ1) is 25.2. The first-order valence-electron chi connectivity index (χ1n) is 10.1. The molecule has 0 unspecified atom stereocenters.